The highest BCUT2D eigenvalue weighted by Gasteiger charge is 2.22. The van der Waals surface area contributed by atoms with Crippen LogP contribution in [-0.4, -0.2) is 65.4 Å². The molecule has 0 spiro atoms. The summed E-state index contributed by atoms with van der Waals surface area (Å²) < 4.78 is 10.0. The summed E-state index contributed by atoms with van der Waals surface area (Å²) in [4.78, 5) is 16.2. The Labute approximate surface area is 231 Å². The molecule has 0 radical (unpaired) electrons. The van der Waals surface area contributed by atoms with Crippen molar-refractivity contribution in [3.8, 4) is 28.5 Å². The van der Waals surface area contributed by atoms with Crippen LogP contribution in [0.15, 0.2) is 55.0 Å². The first kappa shape index (κ1) is 24.5. The Morgan fingerprint density at radius 1 is 1.02 bits per heavy atom. The molecule has 11 nitrogen and oxygen atoms in total. The molecule has 0 amide bonds. The van der Waals surface area contributed by atoms with E-state index in [4.69, 9.17) is 19.8 Å². The highest BCUT2D eigenvalue weighted by Crippen LogP contribution is 2.35. The van der Waals surface area contributed by atoms with E-state index in [9.17, 15) is 5.11 Å². The van der Waals surface area contributed by atoms with Gasteiger partial charge in [0.25, 0.3) is 0 Å². The molecule has 11 heteroatoms. The maximum Gasteiger partial charge on any atom is 0.222 e. The van der Waals surface area contributed by atoms with Gasteiger partial charge < -0.3 is 20.1 Å². The lowest BCUT2D eigenvalue weighted by molar-refractivity contribution is 0.145. The van der Waals surface area contributed by atoms with Gasteiger partial charge in [0.1, 0.15) is 22.9 Å². The summed E-state index contributed by atoms with van der Waals surface area (Å²) >= 11 is 0. The maximum absolute atomic E-state index is 9.95. The molecule has 2 aliphatic rings. The number of ether oxygens (including phenoxy) is 1. The first-order chi connectivity index (χ1) is 19.5. The molecule has 4 bridgehead atoms. The molecule has 0 saturated carbocycles. The van der Waals surface area contributed by atoms with E-state index >= 15 is 0 Å². The van der Waals surface area contributed by atoms with Crippen molar-refractivity contribution < 1.29 is 9.84 Å². The zero-order valence-corrected chi connectivity index (χ0v) is 22.5. The number of aliphatic hydroxyl groups is 1. The number of nitrogens with zero attached hydrogens (tertiary/aromatic N) is 8. The minimum Gasteiger partial charge on any atom is -0.477 e. The van der Waals surface area contributed by atoms with Gasteiger partial charge in [-0.1, -0.05) is 12.1 Å². The number of nitrogens with one attached hydrogen (secondary N) is 1. The zero-order valence-electron chi connectivity index (χ0n) is 22.5. The van der Waals surface area contributed by atoms with Gasteiger partial charge in [0.05, 0.1) is 30.5 Å². The topological polar surface area (TPSA) is 119 Å². The molecule has 0 unspecified atom stereocenters. The number of anilines is 3. The van der Waals surface area contributed by atoms with Crippen LogP contribution in [0.2, 0.25) is 0 Å². The van der Waals surface area contributed by atoms with Crippen LogP contribution in [0.1, 0.15) is 32.2 Å². The number of aryl methyl sites for hydroxylation is 1. The highest BCUT2D eigenvalue weighted by atomic mass is 16.5. The van der Waals surface area contributed by atoms with Crippen molar-refractivity contribution in [2.24, 2.45) is 7.05 Å². The van der Waals surface area contributed by atoms with E-state index in [1.165, 1.54) is 0 Å². The van der Waals surface area contributed by atoms with E-state index in [1.54, 1.807) is 17.1 Å². The van der Waals surface area contributed by atoms with Gasteiger partial charge in [-0.25, -0.2) is 19.6 Å². The molecule has 1 fully saturated rings. The van der Waals surface area contributed by atoms with Crippen molar-refractivity contribution in [2.75, 3.05) is 29.9 Å². The summed E-state index contributed by atoms with van der Waals surface area (Å²) in [5.41, 5.74) is 4.80. The molecule has 1 atom stereocenters. The molecule has 5 aromatic rings. The monoisotopic (exact) mass is 537 g/mol. The van der Waals surface area contributed by atoms with Crippen molar-refractivity contribution in [1.29, 1.82) is 0 Å². The molecule has 40 heavy (non-hydrogen) atoms. The molecular formula is C29H31N9O2. The predicted molar refractivity (Wildman–Crippen MR) is 153 cm³/mol. The fourth-order valence-corrected chi connectivity index (χ4v) is 5.51. The van der Waals surface area contributed by atoms with Gasteiger partial charge in [-0.15, -0.1) is 0 Å². The average molecular weight is 538 g/mol. The largest absolute Gasteiger partial charge is 0.477 e. The summed E-state index contributed by atoms with van der Waals surface area (Å²) in [7, 11) is 1.85. The van der Waals surface area contributed by atoms with Crippen LogP contribution in [0, 0.1) is 0 Å². The minimum absolute atomic E-state index is 0.0620. The van der Waals surface area contributed by atoms with Crippen molar-refractivity contribution in [3.63, 3.8) is 0 Å². The van der Waals surface area contributed by atoms with E-state index < -0.39 is 0 Å². The molecule has 2 N–H and O–H groups in total. The summed E-state index contributed by atoms with van der Waals surface area (Å²) in [6, 6.07) is 12.4. The maximum atomic E-state index is 9.95. The van der Waals surface area contributed by atoms with Crippen LogP contribution in [0.3, 0.4) is 0 Å². The fraction of sp³-hybridized carbons (Fsp3) is 0.345. The van der Waals surface area contributed by atoms with Crippen molar-refractivity contribution >= 4 is 28.2 Å². The zero-order chi connectivity index (χ0) is 27.2. The van der Waals surface area contributed by atoms with Gasteiger partial charge in [-0.05, 0) is 38.0 Å². The van der Waals surface area contributed by atoms with Gasteiger partial charge in [-0.3, -0.25) is 4.68 Å². The smallest absolute Gasteiger partial charge is 0.222 e. The Balaban J connectivity index is 1.30. The number of fused-ring (bicyclic) bond motifs is 5. The molecule has 1 aromatic carbocycles. The second-order valence-corrected chi connectivity index (χ2v) is 10.5. The molecular weight excluding hydrogens is 506 g/mol. The lowest BCUT2D eigenvalue weighted by Crippen LogP contribution is -2.35. The van der Waals surface area contributed by atoms with E-state index in [0.29, 0.717) is 29.9 Å². The van der Waals surface area contributed by atoms with Crippen LogP contribution in [0.25, 0.3) is 33.5 Å². The summed E-state index contributed by atoms with van der Waals surface area (Å²) in [5, 5.41) is 23.8. The molecule has 4 aromatic heterocycles. The van der Waals surface area contributed by atoms with Gasteiger partial charge >= 0.3 is 0 Å². The lowest BCUT2D eigenvalue weighted by atomic mass is 10.0. The van der Waals surface area contributed by atoms with Crippen molar-refractivity contribution in [2.45, 2.75) is 38.3 Å². The number of rotatable bonds is 2. The fourth-order valence-electron chi connectivity index (χ4n) is 5.51. The number of hydrogen-bond acceptors (Lipinski definition) is 9. The van der Waals surface area contributed by atoms with Crippen molar-refractivity contribution in [3.05, 3.63) is 55.0 Å². The number of benzene rings is 1. The van der Waals surface area contributed by atoms with Crippen LogP contribution in [0.5, 0.6) is 5.88 Å². The second kappa shape index (κ2) is 9.91. The van der Waals surface area contributed by atoms with E-state index in [1.807, 2.05) is 25.4 Å². The van der Waals surface area contributed by atoms with E-state index in [-0.39, 0.29) is 12.1 Å². The molecule has 2 aliphatic heterocycles. The summed E-state index contributed by atoms with van der Waals surface area (Å²) in [5.74, 6) is 2.47. The molecule has 6 heterocycles. The van der Waals surface area contributed by atoms with Gasteiger partial charge in [0.15, 0.2) is 5.82 Å². The lowest BCUT2D eigenvalue weighted by Gasteiger charge is -2.31. The molecule has 204 valence electrons. The third kappa shape index (κ3) is 4.41. The SMILES string of the molecule is C[C@H]1CCOc2c(cnn2C)-c2nccc(n2)Nc2cc3c(cn2)c(-c2cccc(N4CCC(O)CC4)c2)nn31. The van der Waals surface area contributed by atoms with Gasteiger partial charge in [0.2, 0.25) is 5.88 Å². The molecule has 0 aliphatic carbocycles. The first-order valence-electron chi connectivity index (χ1n) is 13.7. The number of aromatic nitrogens is 7. The minimum atomic E-state index is -0.207. The van der Waals surface area contributed by atoms with Crippen LogP contribution in [-0.2, 0) is 7.05 Å². The van der Waals surface area contributed by atoms with Crippen LogP contribution < -0.4 is 15.0 Å². The molecule has 7 rings (SSSR count). The average Bonchev–Trinajstić information content (AvgIpc) is 3.53. The summed E-state index contributed by atoms with van der Waals surface area (Å²) in [6.45, 7) is 4.33. The standard InChI is InChI=1S/C29H31N9O2/c1-18-9-13-40-29-23(17-32-36(29)2)28-30-10-6-25(34-28)33-26-15-24-22(16-31-26)27(35-38(18)24)19-4-3-5-20(14-19)37-11-7-21(39)8-12-37/h3-6,10,14-18,21,39H,7-9,11-13H2,1-2H3,(H,30,31,33,34)/t18-/m0/s1. The Morgan fingerprint density at radius 3 is 2.77 bits per heavy atom. The number of hydrogen-bond donors (Lipinski definition) is 2. The number of piperidine rings is 1. The predicted octanol–water partition coefficient (Wildman–Crippen LogP) is 4.34. The Hall–Kier alpha value is -4.51. The van der Waals surface area contributed by atoms with Crippen LogP contribution in [0.4, 0.5) is 17.3 Å². The van der Waals surface area contributed by atoms with E-state index in [2.05, 4.69) is 56.2 Å². The second-order valence-electron chi connectivity index (χ2n) is 10.5. The first-order valence-corrected chi connectivity index (χ1v) is 13.7. The van der Waals surface area contributed by atoms with Gasteiger partial charge in [0, 0.05) is 61.7 Å². The normalized spacial score (nSPS) is 17.8. The Kier molecular flexibility index (Phi) is 6.07. The third-order valence-electron chi connectivity index (χ3n) is 7.77. The highest BCUT2D eigenvalue weighted by molar-refractivity contribution is 5.94. The molecule has 1 saturated heterocycles. The van der Waals surface area contributed by atoms with E-state index in [0.717, 1.165) is 65.8 Å². The Bertz CT molecular complexity index is 1690. The number of aliphatic hydroxyl groups excluding tert-OH is 1. The number of pyridine rings is 1. The third-order valence-corrected chi connectivity index (χ3v) is 7.77. The summed E-state index contributed by atoms with van der Waals surface area (Å²) in [6.07, 6.45) is 7.43. The van der Waals surface area contributed by atoms with Gasteiger partial charge in [-0.2, -0.15) is 10.2 Å². The quantitative estimate of drug-likeness (QED) is 0.339. The van der Waals surface area contributed by atoms with Crippen LogP contribution >= 0.6 is 0 Å². The van der Waals surface area contributed by atoms with Crippen molar-refractivity contribution in [1.82, 2.24) is 34.5 Å². The Morgan fingerprint density at radius 2 is 1.90 bits per heavy atom.